The van der Waals surface area contributed by atoms with Gasteiger partial charge < -0.3 is 9.64 Å². The lowest BCUT2D eigenvalue weighted by Gasteiger charge is -2.25. The highest BCUT2D eigenvalue weighted by molar-refractivity contribution is 6.00. The maximum absolute atomic E-state index is 12.5. The normalized spacial score (nSPS) is 11.6. The minimum Gasteiger partial charge on any atom is -0.484 e. The van der Waals surface area contributed by atoms with Gasteiger partial charge in [-0.05, 0) is 62.7 Å². The number of aromatic nitrogens is 1. The first-order chi connectivity index (χ1) is 14.4. The largest absolute Gasteiger partial charge is 0.484 e. The summed E-state index contributed by atoms with van der Waals surface area (Å²) >= 11 is 0. The Kier molecular flexibility index (Phi) is 6.57. The number of carbonyl (C=O) groups excluding carboxylic acids is 2. The zero-order valence-electron chi connectivity index (χ0n) is 17.8. The average molecular weight is 405 g/mol. The number of nitrogens with one attached hydrogen (secondary N) is 1. The molecule has 1 aromatic heterocycles. The lowest BCUT2D eigenvalue weighted by molar-refractivity contribution is -0.134. The predicted molar refractivity (Wildman–Crippen MR) is 117 cm³/mol. The molecule has 1 atom stereocenters. The molecule has 0 aliphatic rings. The third-order valence-corrected chi connectivity index (χ3v) is 5.22. The van der Waals surface area contributed by atoms with Gasteiger partial charge in [0.1, 0.15) is 5.75 Å². The zero-order chi connectivity index (χ0) is 21.7. The lowest BCUT2D eigenvalue weighted by atomic mass is 10.1. The van der Waals surface area contributed by atoms with Crippen LogP contribution in [0.15, 0.2) is 66.7 Å². The SMILES string of the molecule is Cc1ccc(C)n1NC(=O)c1ccc(OCC(=O)N(C)[C@H](C)c2ccccc2)cc1. The van der Waals surface area contributed by atoms with E-state index in [0.29, 0.717) is 11.3 Å². The smallest absolute Gasteiger partial charge is 0.270 e. The van der Waals surface area contributed by atoms with Gasteiger partial charge in [0, 0.05) is 24.0 Å². The number of hydrogen-bond donors (Lipinski definition) is 1. The molecule has 1 heterocycles. The van der Waals surface area contributed by atoms with Gasteiger partial charge in [-0.1, -0.05) is 30.3 Å². The van der Waals surface area contributed by atoms with Gasteiger partial charge in [0.25, 0.3) is 11.8 Å². The standard InChI is InChI=1S/C24H27N3O3/c1-17-10-11-18(2)27(17)25-24(29)21-12-14-22(15-13-21)30-16-23(28)26(4)19(3)20-8-6-5-7-9-20/h5-15,19H,16H2,1-4H3,(H,25,29)/t19-/m1/s1. The van der Waals surface area contributed by atoms with Crippen molar-refractivity contribution in [3.8, 4) is 5.75 Å². The second-order valence-corrected chi connectivity index (χ2v) is 7.30. The van der Waals surface area contributed by atoms with E-state index < -0.39 is 0 Å². The zero-order valence-corrected chi connectivity index (χ0v) is 17.8. The quantitative estimate of drug-likeness (QED) is 0.644. The molecule has 3 rings (SSSR count). The Morgan fingerprint density at radius 3 is 2.17 bits per heavy atom. The fourth-order valence-electron chi connectivity index (χ4n) is 3.13. The van der Waals surface area contributed by atoms with Gasteiger partial charge in [0.05, 0.1) is 6.04 Å². The van der Waals surface area contributed by atoms with Gasteiger partial charge in [-0.3, -0.25) is 19.7 Å². The molecule has 0 aliphatic carbocycles. The van der Waals surface area contributed by atoms with Crippen LogP contribution in [-0.4, -0.2) is 35.0 Å². The minimum atomic E-state index is -0.212. The number of nitrogens with zero attached hydrogens (tertiary/aromatic N) is 2. The molecule has 156 valence electrons. The van der Waals surface area contributed by atoms with Crippen molar-refractivity contribution in [2.24, 2.45) is 0 Å². The molecule has 0 radical (unpaired) electrons. The van der Waals surface area contributed by atoms with Crippen LogP contribution in [0.4, 0.5) is 0 Å². The predicted octanol–water partition coefficient (Wildman–Crippen LogP) is 4.09. The molecule has 0 saturated heterocycles. The van der Waals surface area contributed by atoms with Gasteiger partial charge in [-0.25, -0.2) is 0 Å². The van der Waals surface area contributed by atoms with Crippen molar-refractivity contribution in [2.75, 3.05) is 19.1 Å². The second kappa shape index (κ2) is 9.31. The molecule has 2 amide bonds. The van der Waals surface area contributed by atoms with Crippen LogP contribution in [-0.2, 0) is 4.79 Å². The summed E-state index contributed by atoms with van der Waals surface area (Å²) < 4.78 is 7.37. The highest BCUT2D eigenvalue weighted by atomic mass is 16.5. The molecule has 3 aromatic rings. The number of hydrogen-bond acceptors (Lipinski definition) is 3. The van der Waals surface area contributed by atoms with E-state index >= 15 is 0 Å². The van der Waals surface area contributed by atoms with E-state index in [1.54, 1.807) is 40.9 Å². The van der Waals surface area contributed by atoms with Crippen LogP contribution in [0.25, 0.3) is 0 Å². The maximum Gasteiger partial charge on any atom is 0.270 e. The van der Waals surface area contributed by atoms with Gasteiger partial charge in [-0.15, -0.1) is 0 Å². The molecule has 0 saturated carbocycles. The summed E-state index contributed by atoms with van der Waals surface area (Å²) in [6, 6.07) is 20.4. The van der Waals surface area contributed by atoms with E-state index in [1.807, 2.05) is 63.2 Å². The summed E-state index contributed by atoms with van der Waals surface area (Å²) in [5.41, 5.74) is 6.34. The molecule has 2 aromatic carbocycles. The molecule has 0 spiro atoms. The number of likely N-dealkylation sites (N-methyl/N-ethyl adjacent to an activating group) is 1. The molecule has 1 N–H and O–H groups in total. The summed E-state index contributed by atoms with van der Waals surface area (Å²) in [6.45, 7) is 5.77. The Hall–Kier alpha value is -3.54. The Balaban J connectivity index is 1.55. The third-order valence-electron chi connectivity index (χ3n) is 5.22. The van der Waals surface area contributed by atoms with Crippen LogP contribution in [0.1, 0.15) is 40.3 Å². The number of benzene rings is 2. The van der Waals surface area contributed by atoms with Crippen molar-refractivity contribution in [1.29, 1.82) is 0 Å². The molecule has 0 unspecified atom stereocenters. The van der Waals surface area contributed by atoms with Crippen LogP contribution < -0.4 is 10.2 Å². The average Bonchev–Trinajstić information content (AvgIpc) is 3.09. The summed E-state index contributed by atoms with van der Waals surface area (Å²) in [6.07, 6.45) is 0. The number of amides is 2. The fourth-order valence-corrected chi connectivity index (χ4v) is 3.13. The van der Waals surface area contributed by atoms with Crippen molar-refractivity contribution < 1.29 is 14.3 Å². The minimum absolute atomic E-state index is 0.0472. The summed E-state index contributed by atoms with van der Waals surface area (Å²) in [7, 11) is 1.77. The summed E-state index contributed by atoms with van der Waals surface area (Å²) in [5, 5.41) is 0. The number of aryl methyl sites for hydroxylation is 2. The van der Waals surface area contributed by atoms with Crippen LogP contribution >= 0.6 is 0 Å². The molecular weight excluding hydrogens is 378 g/mol. The molecule has 0 bridgehead atoms. The van der Waals surface area contributed by atoms with Crippen molar-refractivity contribution >= 4 is 11.8 Å². The van der Waals surface area contributed by atoms with Crippen molar-refractivity contribution in [1.82, 2.24) is 9.58 Å². The first-order valence-electron chi connectivity index (χ1n) is 9.86. The second-order valence-electron chi connectivity index (χ2n) is 7.30. The highest BCUT2D eigenvalue weighted by Gasteiger charge is 2.17. The molecule has 0 aliphatic heterocycles. The molecule has 6 heteroatoms. The first-order valence-corrected chi connectivity index (χ1v) is 9.86. The highest BCUT2D eigenvalue weighted by Crippen LogP contribution is 2.19. The topological polar surface area (TPSA) is 63.6 Å². The Morgan fingerprint density at radius 2 is 1.57 bits per heavy atom. The van der Waals surface area contributed by atoms with E-state index in [2.05, 4.69) is 5.43 Å². The van der Waals surface area contributed by atoms with Crippen LogP contribution in [0.3, 0.4) is 0 Å². The van der Waals surface area contributed by atoms with E-state index in [9.17, 15) is 9.59 Å². The Bertz CT molecular complexity index is 990. The number of ether oxygens (including phenoxy) is 1. The Labute approximate surface area is 177 Å². The van der Waals surface area contributed by atoms with E-state index in [-0.39, 0.29) is 24.5 Å². The molecule has 0 fully saturated rings. The fraction of sp³-hybridized carbons (Fsp3) is 0.250. The van der Waals surface area contributed by atoms with Gasteiger partial charge in [0.2, 0.25) is 0 Å². The van der Waals surface area contributed by atoms with Crippen molar-refractivity contribution in [3.63, 3.8) is 0 Å². The van der Waals surface area contributed by atoms with Crippen LogP contribution in [0.5, 0.6) is 5.75 Å². The van der Waals surface area contributed by atoms with Gasteiger partial charge in [-0.2, -0.15) is 0 Å². The number of rotatable bonds is 7. The van der Waals surface area contributed by atoms with E-state index in [1.165, 1.54) is 0 Å². The molecule has 30 heavy (non-hydrogen) atoms. The van der Waals surface area contributed by atoms with E-state index in [4.69, 9.17) is 4.74 Å². The van der Waals surface area contributed by atoms with Gasteiger partial charge >= 0.3 is 0 Å². The Morgan fingerprint density at radius 1 is 0.967 bits per heavy atom. The lowest BCUT2D eigenvalue weighted by Crippen LogP contribution is -2.33. The van der Waals surface area contributed by atoms with Crippen LogP contribution in [0.2, 0.25) is 0 Å². The van der Waals surface area contributed by atoms with Crippen molar-refractivity contribution in [3.05, 3.63) is 89.2 Å². The van der Waals surface area contributed by atoms with Crippen molar-refractivity contribution in [2.45, 2.75) is 26.8 Å². The summed E-state index contributed by atoms with van der Waals surface area (Å²) in [5.74, 6) is 0.206. The number of carbonyl (C=O) groups is 2. The van der Waals surface area contributed by atoms with Crippen LogP contribution in [0, 0.1) is 13.8 Å². The summed E-state index contributed by atoms with van der Waals surface area (Å²) in [4.78, 5) is 26.6. The van der Waals surface area contributed by atoms with E-state index in [0.717, 1.165) is 17.0 Å². The molecule has 6 nitrogen and oxygen atoms in total. The maximum atomic E-state index is 12.5. The third kappa shape index (κ3) is 4.89. The monoisotopic (exact) mass is 405 g/mol. The van der Waals surface area contributed by atoms with Gasteiger partial charge in [0.15, 0.2) is 6.61 Å². The first kappa shape index (κ1) is 21.2. The molecular formula is C24H27N3O3.